The molecule has 2 fully saturated rings. The maximum atomic E-state index is 12.3. The first kappa shape index (κ1) is 17.2. The van der Waals surface area contributed by atoms with Crippen molar-refractivity contribution in [2.45, 2.75) is 51.5 Å². The zero-order chi connectivity index (χ0) is 16.9. The van der Waals surface area contributed by atoms with Crippen molar-refractivity contribution in [3.63, 3.8) is 0 Å². The van der Waals surface area contributed by atoms with Gasteiger partial charge in [-0.05, 0) is 50.8 Å². The van der Waals surface area contributed by atoms with Gasteiger partial charge in [0.25, 0.3) is 5.91 Å². The van der Waals surface area contributed by atoms with Crippen molar-refractivity contribution in [2.24, 2.45) is 5.92 Å². The Labute approximate surface area is 144 Å². The van der Waals surface area contributed by atoms with Crippen LogP contribution in [0.1, 0.15) is 66.2 Å². The van der Waals surface area contributed by atoms with Crippen molar-refractivity contribution in [1.29, 1.82) is 0 Å². The molecule has 0 spiro atoms. The highest BCUT2D eigenvalue weighted by Gasteiger charge is 2.29. The SMILES string of the molecule is CC(=O)c1cccc(C(=O)NC[C@H]2CCN(C3CCCCC3)C2)c1. The first-order valence-electron chi connectivity index (χ1n) is 9.27. The van der Waals surface area contributed by atoms with Crippen molar-refractivity contribution in [2.75, 3.05) is 19.6 Å². The van der Waals surface area contributed by atoms with E-state index in [9.17, 15) is 9.59 Å². The molecule has 2 aliphatic rings. The molecule has 1 aromatic rings. The molecule has 1 saturated carbocycles. The largest absolute Gasteiger partial charge is 0.352 e. The van der Waals surface area contributed by atoms with E-state index in [-0.39, 0.29) is 11.7 Å². The predicted molar refractivity (Wildman–Crippen MR) is 95.3 cm³/mol. The number of nitrogens with one attached hydrogen (secondary N) is 1. The minimum Gasteiger partial charge on any atom is -0.352 e. The lowest BCUT2D eigenvalue weighted by molar-refractivity contribution is 0.0946. The lowest BCUT2D eigenvalue weighted by Gasteiger charge is -2.31. The number of hydrogen-bond acceptors (Lipinski definition) is 3. The number of Topliss-reactive ketones (excluding diaryl/α,β-unsaturated/α-hetero) is 1. The Morgan fingerprint density at radius 3 is 2.62 bits per heavy atom. The summed E-state index contributed by atoms with van der Waals surface area (Å²) in [5.41, 5.74) is 1.16. The molecule has 0 unspecified atom stereocenters. The van der Waals surface area contributed by atoms with Crippen LogP contribution in [0.4, 0.5) is 0 Å². The summed E-state index contributed by atoms with van der Waals surface area (Å²) in [6, 6.07) is 7.74. The molecule has 1 aliphatic heterocycles. The summed E-state index contributed by atoms with van der Waals surface area (Å²) in [4.78, 5) is 26.4. The van der Waals surface area contributed by atoms with E-state index >= 15 is 0 Å². The zero-order valence-electron chi connectivity index (χ0n) is 14.6. The van der Waals surface area contributed by atoms with E-state index in [0.717, 1.165) is 19.1 Å². The second-order valence-electron chi connectivity index (χ2n) is 7.29. The molecule has 24 heavy (non-hydrogen) atoms. The highest BCUT2D eigenvalue weighted by Crippen LogP contribution is 2.27. The number of amides is 1. The summed E-state index contributed by atoms with van der Waals surface area (Å²) < 4.78 is 0. The fourth-order valence-corrected chi connectivity index (χ4v) is 4.03. The Bertz CT molecular complexity index is 593. The summed E-state index contributed by atoms with van der Waals surface area (Å²) in [7, 11) is 0. The van der Waals surface area contributed by atoms with E-state index in [1.54, 1.807) is 24.3 Å². The van der Waals surface area contributed by atoms with Crippen LogP contribution in [-0.2, 0) is 0 Å². The highest BCUT2D eigenvalue weighted by molar-refractivity contribution is 5.99. The van der Waals surface area contributed by atoms with Gasteiger partial charge in [-0.15, -0.1) is 0 Å². The Kier molecular flexibility index (Phi) is 5.67. The van der Waals surface area contributed by atoms with E-state index in [1.165, 1.54) is 52.0 Å². The van der Waals surface area contributed by atoms with Gasteiger partial charge in [-0.25, -0.2) is 0 Å². The molecule has 1 amide bonds. The van der Waals surface area contributed by atoms with Crippen molar-refractivity contribution >= 4 is 11.7 Å². The van der Waals surface area contributed by atoms with E-state index in [4.69, 9.17) is 0 Å². The molecule has 130 valence electrons. The number of benzene rings is 1. The standard InChI is InChI=1S/C20H28N2O2/c1-15(23)17-6-5-7-18(12-17)20(24)21-13-16-10-11-22(14-16)19-8-3-2-4-9-19/h5-7,12,16,19H,2-4,8-11,13-14H2,1H3,(H,21,24)/t16-/m1/s1. The Morgan fingerprint density at radius 1 is 1.12 bits per heavy atom. The van der Waals surface area contributed by atoms with Crippen LogP contribution in [0.5, 0.6) is 0 Å². The zero-order valence-corrected chi connectivity index (χ0v) is 14.6. The van der Waals surface area contributed by atoms with Crippen molar-refractivity contribution in [3.05, 3.63) is 35.4 Å². The molecule has 1 atom stereocenters. The van der Waals surface area contributed by atoms with Gasteiger partial charge in [-0.3, -0.25) is 9.59 Å². The van der Waals surface area contributed by atoms with E-state index in [1.807, 2.05) is 0 Å². The van der Waals surface area contributed by atoms with E-state index in [2.05, 4.69) is 10.2 Å². The minimum atomic E-state index is -0.0748. The molecule has 1 aromatic carbocycles. The quantitative estimate of drug-likeness (QED) is 0.844. The Hall–Kier alpha value is -1.68. The van der Waals surface area contributed by atoms with Gasteiger partial charge in [0.1, 0.15) is 0 Å². The second kappa shape index (κ2) is 7.93. The van der Waals surface area contributed by atoms with Gasteiger partial charge in [0, 0.05) is 30.3 Å². The molecule has 1 saturated heterocycles. The lowest BCUT2D eigenvalue weighted by atomic mass is 9.94. The van der Waals surface area contributed by atoms with Crippen LogP contribution in [-0.4, -0.2) is 42.3 Å². The maximum Gasteiger partial charge on any atom is 0.251 e. The molecule has 0 bridgehead atoms. The van der Waals surface area contributed by atoms with Gasteiger partial charge >= 0.3 is 0 Å². The van der Waals surface area contributed by atoms with Gasteiger partial charge in [-0.1, -0.05) is 31.4 Å². The lowest BCUT2D eigenvalue weighted by Crippen LogP contribution is -2.36. The van der Waals surface area contributed by atoms with Gasteiger partial charge in [-0.2, -0.15) is 0 Å². The fraction of sp³-hybridized carbons (Fsp3) is 0.600. The molecule has 0 aromatic heterocycles. The number of hydrogen-bond donors (Lipinski definition) is 1. The third-order valence-electron chi connectivity index (χ3n) is 5.49. The van der Waals surface area contributed by atoms with E-state index in [0.29, 0.717) is 17.0 Å². The van der Waals surface area contributed by atoms with Gasteiger partial charge < -0.3 is 10.2 Å². The number of rotatable bonds is 5. The summed E-state index contributed by atoms with van der Waals surface area (Å²) in [6.45, 7) is 4.53. The van der Waals surface area contributed by atoms with Crippen LogP contribution in [0.15, 0.2) is 24.3 Å². The molecular formula is C20H28N2O2. The summed E-state index contributed by atoms with van der Waals surface area (Å²) in [5, 5.41) is 3.05. The van der Waals surface area contributed by atoms with Gasteiger partial charge in [0.15, 0.2) is 5.78 Å². The highest BCUT2D eigenvalue weighted by atomic mass is 16.1. The maximum absolute atomic E-state index is 12.3. The van der Waals surface area contributed by atoms with Crippen LogP contribution < -0.4 is 5.32 Å². The number of carbonyl (C=O) groups excluding carboxylic acids is 2. The van der Waals surface area contributed by atoms with Crippen molar-refractivity contribution < 1.29 is 9.59 Å². The topological polar surface area (TPSA) is 49.4 Å². The first-order valence-corrected chi connectivity index (χ1v) is 9.27. The summed E-state index contributed by atoms with van der Waals surface area (Å²) in [6.07, 6.45) is 7.99. The Morgan fingerprint density at radius 2 is 1.88 bits per heavy atom. The molecule has 1 N–H and O–H groups in total. The minimum absolute atomic E-state index is 0.0106. The normalized spacial score (nSPS) is 22.5. The Balaban J connectivity index is 1.48. The fourth-order valence-electron chi connectivity index (χ4n) is 4.03. The van der Waals surface area contributed by atoms with Crippen LogP contribution in [0, 0.1) is 5.92 Å². The van der Waals surface area contributed by atoms with Crippen LogP contribution in [0.3, 0.4) is 0 Å². The molecule has 1 heterocycles. The predicted octanol–water partition coefficient (Wildman–Crippen LogP) is 3.27. The van der Waals surface area contributed by atoms with Crippen LogP contribution in [0.25, 0.3) is 0 Å². The monoisotopic (exact) mass is 328 g/mol. The third kappa shape index (κ3) is 4.23. The van der Waals surface area contributed by atoms with Gasteiger partial charge in [0.05, 0.1) is 0 Å². The first-order chi connectivity index (χ1) is 11.6. The third-order valence-corrected chi connectivity index (χ3v) is 5.49. The molecule has 0 radical (unpaired) electrons. The molecule has 3 rings (SSSR count). The van der Waals surface area contributed by atoms with Crippen molar-refractivity contribution in [3.8, 4) is 0 Å². The number of ketones is 1. The van der Waals surface area contributed by atoms with Crippen LogP contribution >= 0.6 is 0 Å². The van der Waals surface area contributed by atoms with Crippen molar-refractivity contribution in [1.82, 2.24) is 10.2 Å². The molecule has 4 heteroatoms. The molecule has 4 nitrogen and oxygen atoms in total. The smallest absolute Gasteiger partial charge is 0.251 e. The number of likely N-dealkylation sites (tertiary alicyclic amines) is 1. The molecular weight excluding hydrogens is 300 g/mol. The second-order valence-corrected chi connectivity index (χ2v) is 7.29. The van der Waals surface area contributed by atoms with Gasteiger partial charge in [0.2, 0.25) is 0 Å². The summed E-state index contributed by atoms with van der Waals surface area (Å²) in [5.74, 6) is 0.463. The number of carbonyl (C=O) groups is 2. The molecule has 1 aliphatic carbocycles. The summed E-state index contributed by atoms with van der Waals surface area (Å²) >= 11 is 0. The van der Waals surface area contributed by atoms with E-state index < -0.39 is 0 Å². The number of nitrogens with zero attached hydrogens (tertiary/aromatic N) is 1. The average molecular weight is 328 g/mol. The van der Waals surface area contributed by atoms with Crippen LogP contribution in [0.2, 0.25) is 0 Å². The average Bonchev–Trinajstić information content (AvgIpc) is 3.09.